The van der Waals surface area contributed by atoms with Crippen molar-refractivity contribution in [2.24, 2.45) is 5.92 Å². The van der Waals surface area contributed by atoms with Gasteiger partial charge >= 0.3 is 0 Å². The fourth-order valence-corrected chi connectivity index (χ4v) is 5.15. The van der Waals surface area contributed by atoms with Crippen LogP contribution in [0.3, 0.4) is 0 Å². The molecular formula is C26H35F2N7O2. The molecule has 200 valence electrons. The second-order valence-electron chi connectivity index (χ2n) is 9.96. The monoisotopic (exact) mass is 515 g/mol. The predicted molar refractivity (Wildman–Crippen MR) is 139 cm³/mol. The van der Waals surface area contributed by atoms with Gasteiger partial charge in [0.2, 0.25) is 5.95 Å². The molecular weight excluding hydrogens is 480 g/mol. The van der Waals surface area contributed by atoms with E-state index in [0.29, 0.717) is 80.0 Å². The third kappa shape index (κ3) is 6.16. The first-order valence-corrected chi connectivity index (χ1v) is 13.1. The first-order chi connectivity index (χ1) is 18.0. The number of nitrogens with one attached hydrogen (secondary N) is 2. The maximum atomic E-state index is 14.0. The average molecular weight is 516 g/mol. The Labute approximate surface area is 215 Å². The molecule has 1 unspecified atom stereocenters. The minimum Gasteiger partial charge on any atom is -0.392 e. The van der Waals surface area contributed by atoms with Crippen LogP contribution >= 0.6 is 0 Å². The summed E-state index contributed by atoms with van der Waals surface area (Å²) in [4.78, 5) is 15.7. The van der Waals surface area contributed by atoms with Crippen LogP contribution in [0.25, 0.3) is 16.9 Å². The van der Waals surface area contributed by atoms with E-state index in [4.69, 9.17) is 9.72 Å². The number of alkyl halides is 2. The number of ether oxygens (including phenoxy) is 1. The van der Waals surface area contributed by atoms with Crippen LogP contribution in [-0.2, 0) is 4.74 Å². The number of hydrogen-bond donors (Lipinski definition) is 3. The van der Waals surface area contributed by atoms with Crippen molar-refractivity contribution in [3.05, 3.63) is 36.2 Å². The zero-order chi connectivity index (χ0) is 25.8. The number of nitrogens with zero attached hydrogens (tertiary/aromatic N) is 5. The molecule has 11 heteroatoms. The third-order valence-electron chi connectivity index (χ3n) is 7.14. The molecule has 1 saturated heterocycles. The Morgan fingerprint density at radius 2 is 1.78 bits per heavy atom. The minimum atomic E-state index is -2.75. The van der Waals surface area contributed by atoms with Gasteiger partial charge < -0.3 is 25.4 Å². The van der Waals surface area contributed by atoms with Crippen LogP contribution in [0.1, 0.15) is 44.9 Å². The maximum Gasteiger partial charge on any atom is 0.296 e. The molecule has 9 nitrogen and oxygen atoms in total. The van der Waals surface area contributed by atoms with Crippen molar-refractivity contribution in [2.45, 2.75) is 51.2 Å². The summed E-state index contributed by atoms with van der Waals surface area (Å²) in [7, 11) is 0. The molecule has 2 aromatic heterocycles. The van der Waals surface area contributed by atoms with Gasteiger partial charge in [-0.05, 0) is 50.7 Å². The largest absolute Gasteiger partial charge is 0.392 e. The van der Waals surface area contributed by atoms with Crippen LogP contribution in [0, 0.1) is 5.92 Å². The predicted octanol–water partition coefficient (Wildman–Crippen LogP) is 3.53. The van der Waals surface area contributed by atoms with Crippen LogP contribution in [0.4, 0.5) is 20.5 Å². The van der Waals surface area contributed by atoms with Gasteiger partial charge in [-0.3, -0.25) is 4.57 Å². The summed E-state index contributed by atoms with van der Waals surface area (Å²) in [5, 5.41) is 16.3. The van der Waals surface area contributed by atoms with E-state index in [1.54, 1.807) is 31.2 Å². The summed E-state index contributed by atoms with van der Waals surface area (Å²) in [5.41, 5.74) is 1.08. The van der Waals surface area contributed by atoms with Crippen molar-refractivity contribution in [3.63, 3.8) is 0 Å². The fraction of sp³-hybridized carbons (Fsp3) is 0.577. The van der Waals surface area contributed by atoms with Crippen molar-refractivity contribution in [1.29, 1.82) is 0 Å². The summed E-state index contributed by atoms with van der Waals surface area (Å²) >= 11 is 0. The highest BCUT2D eigenvalue weighted by Gasteiger charge is 2.24. The number of fused-ring (bicyclic) bond motifs is 1. The van der Waals surface area contributed by atoms with Gasteiger partial charge in [-0.25, -0.2) is 13.8 Å². The number of rotatable bonds is 9. The fourth-order valence-electron chi connectivity index (χ4n) is 5.15. The normalized spacial score (nSPS) is 21.5. The smallest absolute Gasteiger partial charge is 0.296 e. The average Bonchev–Trinajstić information content (AvgIpc) is 3.32. The van der Waals surface area contributed by atoms with Crippen LogP contribution in [0.15, 0.2) is 30.3 Å². The van der Waals surface area contributed by atoms with Gasteiger partial charge in [0.1, 0.15) is 11.6 Å². The number of morpholine rings is 1. The van der Waals surface area contributed by atoms with Crippen molar-refractivity contribution in [1.82, 2.24) is 24.8 Å². The van der Waals surface area contributed by atoms with Crippen LogP contribution in [0.5, 0.6) is 0 Å². The number of halogens is 2. The summed E-state index contributed by atoms with van der Waals surface area (Å²) in [6.45, 7) is 5.63. The highest BCUT2D eigenvalue weighted by Crippen LogP contribution is 2.30. The van der Waals surface area contributed by atoms with Crippen molar-refractivity contribution >= 4 is 22.8 Å². The second-order valence-corrected chi connectivity index (χ2v) is 9.96. The zero-order valence-corrected chi connectivity index (χ0v) is 21.1. The van der Waals surface area contributed by atoms with E-state index in [1.807, 2.05) is 6.07 Å². The molecule has 0 amide bonds. The molecule has 3 heterocycles. The molecule has 0 bridgehead atoms. The lowest BCUT2D eigenvalue weighted by Gasteiger charge is -2.30. The van der Waals surface area contributed by atoms with E-state index in [2.05, 4.69) is 25.5 Å². The molecule has 1 aliphatic carbocycles. The molecule has 1 atom stereocenters. The molecule has 3 aromatic rings. The van der Waals surface area contributed by atoms with Gasteiger partial charge in [-0.1, -0.05) is 12.1 Å². The molecule has 37 heavy (non-hydrogen) atoms. The van der Waals surface area contributed by atoms with Crippen molar-refractivity contribution in [2.75, 3.05) is 49.6 Å². The maximum absolute atomic E-state index is 14.0. The first-order valence-electron chi connectivity index (χ1n) is 13.1. The Balaban J connectivity index is 1.39. The highest BCUT2D eigenvalue weighted by atomic mass is 19.3. The topological polar surface area (TPSA) is 100 Å². The van der Waals surface area contributed by atoms with Gasteiger partial charge in [-0.2, -0.15) is 9.97 Å². The second kappa shape index (κ2) is 11.7. The number of aliphatic hydroxyl groups excluding tert-OH is 1. The van der Waals surface area contributed by atoms with Crippen LogP contribution in [0.2, 0.25) is 0 Å². The standard InChI is InChI=1S/C26H35F2N7O2/c1-17(36)15-29-19-8-6-18(7-9-19)16-30-26-32-22(34-10-12-37-13-11-34)14-23(33-26)35-21-5-3-2-4-20(21)31-25(35)24(27)28/h2-5,14,17-19,24,29,36H,6-13,15-16H2,1H3,(H,30,32,33). The number of aliphatic hydroxyl groups is 1. The Bertz CT molecular complexity index is 1170. The Morgan fingerprint density at radius 3 is 2.51 bits per heavy atom. The SMILES string of the molecule is CC(O)CNC1CCC(CNc2nc(N3CCOCC3)cc(-n3c(C(F)F)nc4ccccc43)n2)CC1. The Hall–Kier alpha value is -2.89. The number of imidazole rings is 1. The van der Waals surface area contributed by atoms with Crippen LogP contribution < -0.4 is 15.5 Å². The number of hydrogen-bond acceptors (Lipinski definition) is 8. The molecule has 5 rings (SSSR count). The van der Waals surface area contributed by atoms with Crippen LogP contribution in [-0.4, -0.2) is 76.2 Å². The lowest BCUT2D eigenvalue weighted by atomic mass is 9.86. The number of anilines is 2. The number of benzene rings is 1. The lowest BCUT2D eigenvalue weighted by molar-refractivity contribution is 0.122. The molecule has 3 N–H and O–H groups in total. The van der Waals surface area contributed by atoms with E-state index in [-0.39, 0.29) is 11.9 Å². The molecule has 2 aliphatic rings. The summed E-state index contributed by atoms with van der Waals surface area (Å²) in [6.07, 6.45) is 1.13. The van der Waals surface area contributed by atoms with Crippen molar-refractivity contribution < 1.29 is 18.6 Å². The molecule has 2 fully saturated rings. The van der Waals surface area contributed by atoms with E-state index in [9.17, 15) is 13.9 Å². The lowest BCUT2D eigenvalue weighted by Crippen LogP contribution is -2.38. The summed E-state index contributed by atoms with van der Waals surface area (Å²) in [5.74, 6) is 1.61. The molecule has 0 spiro atoms. The highest BCUT2D eigenvalue weighted by molar-refractivity contribution is 5.78. The van der Waals surface area contributed by atoms with E-state index in [0.717, 1.165) is 25.7 Å². The quantitative estimate of drug-likeness (QED) is 0.398. The Kier molecular flexibility index (Phi) is 8.11. The molecule has 1 aliphatic heterocycles. The van der Waals surface area contributed by atoms with Gasteiger partial charge in [0.05, 0.1) is 30.4 Å². The molecule has 0 radical (unpaired) electrons. The number of aromatic nitrogens is 4. The third-order valence-corrected chi connectivity index (χ3v) is 7.14. The van der Waals surface area contributed by atoms with E-state index in [1.165, 1.54) is 4.57 Å². The number of para-hydroxylation sites is 2. The van der Waals surface area contributed by atoms with Gasteiger partial charge in [0.25, 0.3) is 6.43 Å². The van der Waals surface area contributed by atoms with E-state index < -0.39 is 6.43 Å². The first kappa shape index (κ1) is 25.7. The Morgan fingerprint density at radius 1 is 1.05 bits per heavy atom. The van der Waals surface area contributed by atoms with Crippen molar-refractivity contribution in [3.8, 4) is 5.82 Å². The summed E-state index contributed by atoms with van der Waals surface area (Å²) < 4.78 is 35.0. The minimum absolute atomic E-state index is 0.332. The molecule has 1 aromatic carbocycles. The van der Waals surface area contributed by atoms with Gasteiger partial charge in [0, 0.05) is 38.3 Å². The summed E-state index contributed by atoms with van der Waals surface area (Å²) in [6, 6.07) is 9.30. The zero-order valence-electron chi connectivity index (χ0n) is 21.1. The molecule has 1 saturated carbocycles. The van der Waals surface area contributed by atoms with Gasteiger partial charge in [-0.15, -0.1) is 0 Å². The van der Waals surface area contributed by atoms with Gasteiger partial charge in [0.15, 0.2) is 5.82 Å². The van der Waals surface area contributed by atoms with E-state index >= 15 is 0 Å².